The SMILES string of the molecule is Cc1ccccc1C(=O)N[C@@H](C(=O)N1CCCC1)C1CCN(C(=O)c2ccc3c(c2)OCO3)CC1. The van der Waals surface area contributed by atoms with Gasteiger partial charge in [0.25, 0.3) is 11.8 Å². The van der Waals surface area contributed by atoms with Crippen LogP contribution in [0.5, 0.6) is 11.5 Å². The number of nitrogens with zero attached hydrogens (tertiary/aromatic N) is 2. The van der Waals surface area contributed by atoms with Crippen molar-refractivity contribution in [2.24, 2.45) is 5.92 Å². The third kappa shape index (κ3) is 4.83. The molecule has 3 aliphatic rings. The van der Waals surface area contributed by atoms with E-state index in [1.165, 1.54) is 0 Å². The van der Waals surface area contributed by atoms with Crippen molar-refractivity contribution in [3.05, 3.63) is 59.2 Å². The molecular weight excluding hydrogens is 446 g/mol. The Morgan fingerprint density at radius 1 is 0.914 bits per heavy atom. The van der Waals surface area contributed by atoms with Gasteiger partial charge in [0.2, 0.25) is 12.7 Å². The highest BCUT2D eigenvalue weighted by molar-refractivity contribution is 5.99. The van der Waals surface area contributed by atoms with Crippen molar-refractivity contribution in [3.63, 3.8) is 0 Å². The van der Waals surface area contributed by atoms with Gasteiger partial charge in [-0.05, 0) is 68.4 Å². The Bertz CT molecular complexity index is 1120. The molecule has 35 heavy (non-hydrogen) atoms. The first-order valence-corrected chi connectivity index (χ1v) is 12.4. The summed E-state index contributed by atoms with van der Waals surface area (Å²) in [6.07, 6.45) is 3.28. The lowest BCUT2D eigenvalue weighted by Gasteiger charge is -2.37. The number of piperidine rings is 1. The Labute approximate surface area is 205 Å². The lowest BCUT2D eigenvalue weighted by Crippen LogP contribution is -2.54. The molecule has 2 aromatic carbocycles. The Morgan fingerprint density at radius 3 is 2.37 bits per heavy atom. The maximum absolute atomic E-state index is 13.4. The van der Waals surface area contributed by atoms with Crippen LogP contribution in [0, 0.1) is 12.8 Å². The van der Waals surface area contributed by atoms with Crippen molar-refractivity contribution < 1.29 is 23.9 Å². The zero-order valence-electron chi connectivity index (χ0n) is 20.0. The lowest BCUT2D eigenvalue weighted by molar-refractivity contribution is -0.134. The van der Waals surface area contributed by atoms with Gasteiger partial charge in [0.05, 0.1) is 0 Å². The summed E-state index contributed by atoms with van der Waals surface area (Å²) in [5.74, 6) is 0.906. The first-order valence-electron chi connectivity index (χ1n) is 12.4. The lowest BCUT2D eigenvalue weighted by atomic mass is 9.87. The number of nitrogens with one attached hydrogen (secondary N) is 1. The normalized spacial score (nSPS) is 18.4. The van der Waals surface area contributed by atoms with E-state index in [1.807, 2.05) is 34.9 Å². The second-order valence-corrected chi connectivity index (χ2v) is 9.50. The highest BCUT2D eigenvalue weighted by atomic mass is 16.7. The highest BCUT2D eigenvalue weighted by Gasteiger charge is 2.37. The van der Waals surface area contributed by atoms with Gasteiger partial charge >= 0.3 is 0 Å². The molecule has 0 aromatic heterocycles. The van der Waals surface area contributed by atoms with E-state index in [4.69, 9.17) is 9.47 Å². The van der Waals surface area contributed by atoms with Crippen LogP contribution in [-0.4, -0.2) is 66.5 Å². The van der Waals surface area contributed by atoms with Crippen LogP contribution in [0.4, 0.5) is 0 Å². The summed E-state index contributed by atoms with van der Waals surface area (Å²) in [4.78, 5) is 43.4. The van der Waals surface area contributed by atoms with Gasteiger partial charge in [0, 0.05) is 37.3 Å². The fourth-order valence-corrected chi connectivity index (χ4v) is 5.21. The summed E-state index contributed by atoms with van der Waals surface area (Å²) < 4.78 is 10.7. The van der Waals surface area contributed by atoms with E-state index >= 15 is 0 Å². The van der Waals surface area contributed by atoms with Crippen LogP contribution in [0.15, 0.2) is 42.5 Å². The quantitative estimate of drug-likeness (QED) is 0.715. The maximum atomic E-state index is 13.4. The van der Waals surface area contributed by atoms with Crippen LogP contribution in [0.3, 0.4) is 0 Å². The van der Waals surface area contributed by atoms with E-state index in [2.05, 4.69) is 5.32 Å². The Kier molecular flexibility index (Phi) is 6.61. The minimum atomic E-state index is -0.594. The fraction of sp³-hybridized carbons (Fsp3) is 0.444. The summed E-state index contributed by atoms with van der Waals surface area (Å²) in [5, 5.41) is 3.06. The van der Waals surface area contributed by atoms with Crippen LogP contribution >= 0.6 is 0 Å². The van der Waals surface area contributed by atoms with Crippen molar-refractivity contribution >= 4 is 17.7 Å². The van der Waals surface area contributed by atoms with E-state index in [1.54, 1.807) is 24.3 Å². The molecule has 3 aliphatic heterocycles. The first kappa shape index (κ1) is 23.2. The van der Waals surface area contributed by atoms with Gasteiger partial charge in [-0.3, -0.25) is 14.4 Å². The molecule has 8 nitrogen and oxygen atoms in total. The van der Waals surface area contributed by atoms with Crippen molar-refractivity contribution in [3.8, 4) is 11.5 Å². The zero-order valence-corrected chi connectivity index (χ0v) is 20.0. The number of likely N-dealkylation sites (tertiary alicyclic amines) is 2. The minimum Gasteiger partial charge on any atom is -0.454 e. The van der Waals surface area contributed by atoms with Gasteiger partial charge in [0.1, 0.15) is 6.04 Å². The fourth-order valence-electron chi connectivity index (χ4n) is 5.21. The predicted molar refractivity (Wildman–Crippen MR) is 129 cm³/mol. The average Bonchev–Trinajstić information content (AvgIpc) is 3.59. The Hall–Kier alpha value is -3.55. The van der Waals surface area contributed by atoms with Gasteiger partial charge in [-0.15, -0.1) is 0 Å². The van der Waals surface area contributed by atoms with Gasteiger partial charge < -0.3 is 24.6 Å². The molecule has 0 spiro atoms. The molecule has 0 saturated carbocycles. The summed E-state index contributed by atoms with van der Waals surface area (Å²) in [7, 11) is 0. The van der Waals surface area contributed by atoms with Crippen molar-refractivity contribution in [1.82, 2.24) is 15.1 Å². The van der Waals surface area contributed by atoms with Crippen molar-refractivity contribution in [1.29, 1.82) is 0 Å². The number of rotatable bonds is 5. The largest absolute Gasteiger partial charge is 0.454 e. The van der Waals surface area contributed by atoms with Gasteiger partial charge in [-0.25, -0.2) is 0 Å². The molecule has 2 saturated heterocycles. The highest BCUT2D eigenvalue weighted by Crippen LogP contribution is 2.33. The number of hydrogen-bond donors (Lipinski definition) is 1. The number of carbonyl (C=O) groups is 3. The number of amides is 3. The van der Waals surface area contributed by atoms with E-state index in [0.29, 0.717) is 48.6 Å². The molecule has 0 aliphatic carbocycles. The van der Waals surface area contributed by atoms with Crippen LogP contribution in [0.25, 0.3) is 0 Å². The number of carbonyl (C=O) groups excluding carboxylic acids is 3. The van der Waals surface area contributed by atoms with E-state index in [0.717, 1.165) is 31.5 Å². The van der Waals surface area contributed by atoms with E-state index in [-0.39, 0.29) is 30.4 Å². The van der Waals surface area contributed by atoms with Gasteiger partial charge in [-0.1, -0.05) is 18.2 Å². The minimum absolute atomic E-state index is 0.00928. The Morgan fingerprint density at radius 2 is 1.63 bits per heavy atom. The standard InChI is InChI=1S/C27H31N3O5/c1-18-6-2-3-7-21(18)25(31)28-24(27(33)29-12-4-5-13-29)19-10-14-30(15-11-19)26(32)20-8-9-22-23(16-20)35-17-34-22/h2-3,6-9,16,19,24H,4-5,10-15,17H2,1H3,(H,28,31)/t24-/m1/s1. The number of ether oxygens (including phenoxy) is 2. The van der Waals surface area contributed by atoms with Crippen molar-refractivity contribution in [2.45, 2.75) is 38.6 Å². The van der Waals surface area contributed by atoms with E-state index in [9.17, 15) is 14.4 Å². The molecule has 0 radical (unpaired) electrons. The first-order chi connectivity index (χ1) is 17.0. The molecule has 1 atom stereocenters. The summed E-state index contributed by atoms with van der Waals surface area (Å²) in [6.45, 7) is 4.59. The molecular formula is C27H31N3O5. The maximum Gasteiger partial charge on any atom is 0.253 e. The molecule has 184 valence electrons. The molecule has 2 fully saturated rings. The molecule has 0 bridgehead atoms. The van der Waals surface area contributed by atoms with Crippen LogP contribution in [0.1, 0.15) is 52.0 Å². The summed E-state index contributed by atoms with van der Waals surface area (Å²) in [6, 6.07) is 12.0. The van der Waals surface area contributed by atoms with Crippen LogP contribution in [-0.2, 0) is 4.79 Å². The van der Waals surface area contributed by atoms with Gasteiger partial charge in [0.15, 0.2) is 11.5 Å². The monoisotopic (exact) mass is 477 g/mol. The smallest absolute Gasteiger partial charge is 0.253 e. The molecule has 3 heterocycles. The number of aryl methyl sites for hydroxylation is 1. The molecule has 0 unspecified atom stereocenters. The second kappa shape index (κ2) is 9.98. The predicted octanol–water partition coefficient (Wildman–Crippen LogP) is 3.00. The summed E-state index contributed by atoms with van der Waals surface area (Å²) >= 11 is 0. The van der Waals surface area contributed by atoms with Crippen molar-refractivity contribution in [2.75, 3.05) is 33.0 Å². The third-order valence-corrected chi connectivity index (χ3v) is 7.28. The second-order valence-electron chi connectivity index (χ2n) is 9.50. The third-order valence-electron chi connectivity index (χ3n) is 7.28. The van der Waals surface area contributed by atoms with Gasteiger partial charge in [-0.2, -0.15) is 0 Å². The molecule has 8 heteroatoms. The Balaban J connectivity index is 1.28. The van der Waals surface area contributed by atoms with Crippen LogP contribution < -0.4 is 14.8 Å². The van der Waals surface area contributed by atoms with Crippen LogP contribution in [0.2, 0.25) is 0 Å². The summed E-state index contributed by atoms with van der Waals surface area (Å²) in [5.41, 5.74) is 2.02. The number of benzene rings is 2. The number of hydrogen-bond acceptors (Lipinski definition) is 5. The molecule has 2 aromatic rings. The van der Waals surface area contributed by atoms with E-state index < -0.39 is 6.04 Å². The average molecular weight is 478 g/mol. The zero-order chi connectivity index (χ0) is 24.4. The molecule has 5 rings (SSSR count). The molecule has 1 N–H and O–H groups in total. The topological polar surface area (TPSA) is 88.2 Å². The molecule has 3 amide bonds. The number of fused-ring (bicyclic) bond motifs is 1.